The summed E-state index contributed by atoms with van der Waals surface area (Å²) >= 11 is 0. The van der Waals surface area contributed by atoms with Crippen molar-refractivity contribution in [1.82, 2.24) is 5.32 Å². The Morgan fingerprint density at radius 3 is 1.21 bits per heavy atom. The monoisotopic (exact) mass is 736 g/mol. The fourth-order valence-corrected chi connectivity index (χ4v) is 7.01. The normalized spacial score (nSPS) is 14.3. The highest BCUT2D eigenvalue weighted by Gasteiger charge is 2.28. The molecule has 0 saturated carbocycles. The van der Waals surface area contributed by atoms with E-state index >= 15 is 0 Å². The number of hydrogen-bond acceptors (Lipinski definition) is 5. The van der Waals surface area contributed by atoms with Gasteiger partial charge in [0.15, 0.2) is 0 Å². The second kappa shape index (κ2) is 41.0. The number of carbonyl (C=O) groups is 1. The van der Waals surface area contributed by atoms with Gasteiger partial charge in [-0.15, -0.1) is 0 Å². The fourth-order valence-electron chi connectivity index (χ4n) is 7.01. The van der Waals surface area contributed by atoms with Crippen LogP contribution in [0.3, 0.4) is 0 Å². The van der Waals surface area contributed by atoms with Gasteiger partial charge in [0.2, 0.25) is 5.91 Å². The van der Waals surface area contributed by atoms with Crippen LogP contribution < -0.4 is 5.32 Å². The average Bonchev–Trinajstić information content (AvgIpc) is 3.15. The second-order valence-corrected chi connectivity index (χ2v) is 15.7. The largest absolute Gasteiger partial charge is 0.394 e. The Morgan fingerprint density at radius 1 is 0.462 bits per heavy atom. The van der Waals surface area contributed by atoms with Crippen molar-refractivity contribution in [2.45, 2.75) is 257 Å². The third kappa shape index (κ3) is 34.6. The van der Waals surface area contributed by atoms with Gasteiger partial charge in [0.05, 0.1) is 18.8 Å². The number of carbonyl (C=O) groups excluding carboxylic acids is 1. The summed E-state index contributed by atoms with van der Waals surface area (Å²) in [5, 5.41) is 43.7. The summed E-state index contributed by atoms with van der Waals surface area (Å²) in [6.07, 6.45) is 46.4. The second-order valence-electron chi connectivity index (χ2n) is 15.7. The van der Waals surface area contributed by atoms with Crippen LogP contribution in [-0.2, 0) is 4.79 Å². The summed E-state index contributed by atoms with van der Waals surface area (Å²) in [6, 6.07) is -1.00. The van der Waals surface area contributed by atoms with Gasteiger partial charge in [0.25, 0.3) is 0 Å². The highest BCUT2D eigenvalue weighted by Crippen LogP contribution is 2.16. The number of hydrogen-bond donors (Lipinski definition) is 5. The van der Waals surface area contributed by atoms with Crippen LogP contribution >= 0.6 is 0 Å². The van der Waals surface area contributed by atoms with E-state index in [4.69, 9.17) is 0 Å². The van der Waals surface area contributed by atoms with E-state index in [0.29, 0.717) is 19.3 Å². The molecule has 0 bridgehead atoms. The first-order valence-corrected chi connectivity index (χ1v) is 22.7. The van der Waals surface area contributed by atoms with Gasteiger partial charge in [-0.05, 0) is 51.4 Å². The van der Waals surface area contributed by atoms with Gasteiger partial charge in [-0.2, -0.15) is 0 Å². The molecule has 0 aliphatic rings. The minimum atomic E-state index is -1.29. The number of amides is 1. The highest BCUT2D eigenvalue weighted by molar-refractivity contribution is 5.80. The van der Waals surface area contributed by atoms with Crippen molar-refractivity contribution in [2.24, 2.45) is 0 Å². The molecule has 0 rings (SSSR count). The standard InChI is InChI=1S/C46H89NO5/c1-3-5-7-9-11-13-15-17-19-20-21-22-23-24-26-27-29-31-33-35-37-39-43(49)45(51)42(41-48)47-46(52)44(50)40-38-36-34-32-30-28-25-18-16-14-12-10-8-6-4-2/h24,26,31,33,42-45,48-51H,3-23,25,27-30,32,34-41H2,1-2H3,(H,47,52)/b26-24+,33-31+. The average molecular weight is 736 g/mol. The number of rotatable bonds is 41. The van der Waals surface area contributed by atoms with Crippen LogP contribution in [0.25, 0.3) is 0 Å². The number of aliphatic hydroxyl groups excluding tert-OH is 4. The molecular weight excluding hydrogens is 647 g/mol. The maximum atomic E-state index is 12.5. The van der Waals surface area contributed by atoms with E-state index in [0.717, 1.165) is 38.5 Å². The molecule has 1 amide bonds. The molecule has 0 radical (unpaired) electrons. The van der Waals surface area contributed by atoms with Gasteiger partial charge in [0.1, 0.15) is 12.2 Å². The Kier molecular flexibility index (Phi) is 40.0. The van der Waals surface area contributed by atoms with Gasteiger partial charge in [0, 0.05) is 0 Å². The van der Waals surface area contributed by atoms with Crippen molar-refractivity contribution in [1.29, 1.82) is 0 Å². The maximum Gasteiger partial charge on any atom is 0.249 e. The lowest BCUT2D eigenvalue weighted by Gasteiger charge is -2.27. The summed E-state index contributed by atoms with van der Waals surface area (Å²) in [5.41, 5.74) is 0. The Labute approximate surface area is 323 Å². The van der Waals surface area contributed by atoms with Gasteiger partial charge in [-0.3, -0.25) is 4.79 Å². The van der Waals surface area contributed by atoms with Crippen LogP contribution in [0.2, 0.25) is 0 Å². The van der Waals surface area contributed by atoms with Crippen LogP contribution in [0.5, 0.6) is 0 Å². The van der Waals surface area contributed by atoms with Crippen LogP contribution in [0.4, 0.5) is 0 Å². The van der Waals surface area contributed by atoms with E-state index in [1.807, 2.05) is 0 Å². The van der Waals surface area contributed by atoms with Crippen LogP contribution in [0, 0.1) is 0 Å². The number of aliphatic hydroxyl groups is 4. The lowest BCUT2D eigenvalue weighted by molar-refractivity contribution is -0.132. The zero-order valence-corrected chi connectivity index (χ0v) is 34.6. The molecule has 0 aliphatic carbocycles. The predicted octanol–water partition coefficient (Wildman–Crippen LogP) is 12.0. The first-order chi connectivity index (χ1) is 25.5. The zero-order valence-electron chi connectivity index (χ0n) is 34.6. The lowest BCUT2D eigenvalue weighted by Crippen LogP contribution is -2.53. The SMILES string of the molecule is CCCCCCCCCCCCCC/C=C/CC/C=C/CCCC(O)C(O)C(CO)NC(=O)C(O)CCCCCCCCCCCCCCCCC. The first-order valence-electron chi connectivity index (χ1n) is 22.7. The van der Waals surface area contributed by atoms with Crippen molar-refractivity contribution < 1.29 is 25.2 Å². The molecule has 4 unspecified atom stereocenters. The Balaban J connectivity index is 3.78. The summed E-state index contributed by atoms with van der Waals surface area (Å²) < 4.78 is 0. The number of allylic oxidation sites excluding steroid dienone is 4. The molecule has 4 atom stereocenters. The Morgan fingerprint density at radius 2 is 0.808 bits per heavy atom. The first kappa shape index (κ1) is 50.8. The summed E-state index contributed by atoms with van der Waals surface area (Å²) in [4.78, 5) is 12.5. The third-order valence-electron chi connectivity index (χ3n) is 10.6. The molecule has 0 aromatic heterocycles. The van der Waals surface area contributed by atoms with Crippen molar-refractivity contribution in [3.05, 3.63) is 24.3 Å². The molecule has 0 heterocycles. The van der Waals surface area contributed by atoms with E-state index in [2.05, 4.69) is 43.5 Å². The predicted molar refractivity (Wildman–Crippen MR) is 224 cm³/mol. The minimum absolute atomic E-state index is 0.364. The Bertz CT molecular complexity index is 787. The molecule has 52 heavy (non-hydrogen) atoms. The van der Waals surface area contributed by atoms with E-state index in [-0.39, 0.29) is 0 Å². The molecule has 308 valence electrons. The van der Waals surface area contributed by atoms with E-state index in [9.17, 15) is 25.2 Å². The molecule has 5 N–H and O–H groups in total. The fraction of sp³-hybridized carbons (Fsp3) is 0.891. The van der Waals surface area contributed by atoms with Crippen molar-refractivity contribution in [2.75, 3.05) is 6.61 Å². The van der Waals surface area contributed by atoms with Gasteiger partial charge in [-0.25, -0.2) is 0 Å². The summed E-state index contributed by atoms with van der Waals surface area (Å²) in [7, 11) is 0. The molecule has 6 nitrogen and oxygen atoms in total. The van der Waals surface area contributed by atoms with E-state index in [1.165, 1.54) is 161 Å². The Hall–Kier alpha value is -1.21. The molecule has 0 aromatic rings. The third-order valence-corrected chi connectivity index (χ3v) is 10.6. The van der Waals surface area contributed by atoms with Crippen molar-refractivity contribution in [3.63, 3.8) is 0 Å². The summed E-state index contributed by atoms with van der Waals surface area (Å²) in [5.74, 6) is -0.596. The van der Waals surface area contributed by atoms with Crippen molar-refractivity contribution in [3.8, 4) is 0 Å². The smallest absolute Gasteiger partial charge is 0.249 e. The minimum Gasteiger partial charge on any atom is -0.394 e. The number of nitrogens with one attached hydrogen (secondary N) is 1. The quantitative estimate of drug-likeness (QED) is 0.0317. The van der Waals surface area contributed by atoms with Crippen LogP contribution in [0.15, 0.2) is 24.3 Å². The van der Waals surface area contributed by atoms with E-state index < -0.39 is 36.9 Å². The molecular formula is C46H89NO5. The highest BCUT2D eigenvalue weighted by atomic mass is 16.3. The molecule has 0 aromatic carbocycles. The molecule has 6 heteroatoms. The van der Waals surface area contributed by atoms with E-state index in [1.54, 1.807) is 0 Å². The molecule has 0 spiro atoms. The van der Waals surface area contributed by atoms with Crippen LogP contribution in [-0.4, -0.2) is 57.3 Å². The molecule has 0 saturated heterocycles. The maximum absolute atomic E-state index is 12.5. The van der Waals surface area contributed by atoms with Gasteiger partial charge in [-0.1, -0.05) is 205 Å². The van der Waals surface area contributed by atoms with Gasteiger partial charge < -0.3 is 25.7 Å². The molecule has 0 fully saturated rings. The summed E-state index contributed by atoms with van der Waals surface area (Å²) in [6.45, 7) is 4.04. The lowest BCUT2D eigenvalue weighted by atomic mass is 10.00. The number of unbranched alkanes of at least 4 members (excludes halogenated alkanes) is 28. The molecule has 0 aliphatic heterocycles. The topological polar surface area (TPSA) is 110 Å². The van der Waals surface area contributed by atoms with Gasteiger partial charge >= 0.3 is 0 Å². The van der Waals surface area contributed by atoms with Crippen LogP contribution in [0.1, 0.15) is 232 Å². The van der Waals surface area contributed by atoms with Crippen molar-refractivity contribution >= 4 is 5.91 Å². The zero-order chi connectivity index (χ0) is 38.2.